The lowest BCUT2D eigenvalue weighted by atomic mass is 9.88. The molecule has 0 bridgehead atoms. The Labute approximate surface area is 132 Å². The molecule has 1 N–H and O–H groups in total. The Balaban J connectivity index is 1.89. The number of hydrogen-bond acceptors (Lipinski definition) is 4. The summed E-state index contributed by atoms with van der Waals surface area (Å²) in [5, 5.41) is 8.88. The molecule has 2 saturated heterocycles. The number of nitrogens with zero attached hydrogens (tertiary/aromatic N) is 2. The van der Waals surface area contributed by atoms with E-state index >= 15 is 0 Å². The smallest absolute Gasteiger partial charge is 0.304 e. The molecule has 1 amide bonds. The summed E-state index contributed by atoms with van der Waals surface area (Å²) in [7, 11) is 0. The molecule has 5 atom stereocenters. The van der Waals surface area contributed by atoms with Crippen molar-refractivity contribution in [2.24, 2.45) is 11.8 Å². The standard InChI is InChI=1S/C16H28N2O4/c1-10(9-14(19)20)17-5-7-18(8-6-17)16(21)15-11(2)12(3)22-13(15)4/h10-13,15H,5-9H2,1-4H3,(H,19,20). The maximum absolute atomic E-state index is 12.8. The van der Waals surface area contributed by atoms with Gasteiger partial charge in [0.25, 0.3) is 0 Å². The van der Waals surface area contributed by atoms with Crippen LogP contribution in [0, 0.1) is 11.8 Å². The van der Waals surface area contributed by atoms with Crippen molar-refractivity contribution < 1.29 is 19.4 Å². The molecule has 2 aliphatic rings. The Hall–Kier alpha value is -1.14. The van der Waals surface area contributed by atoms with Crippen LogP contribution in [0.1, 0.15) is 34.1 Å². The molecule has 0 aromatic rings. The van der Waals surface area contributed by atoms with Crippen LogP contribution >= 0.6 is 0 Å². The molecular weight excluding hydrogens is 284 g/mol. The van der Waals surface area contributed by atoms with Crippen molar-refractivity contribution in [2.45, 2.75) is 52.4 Å². The summed E-state index contributed by atoms with van der Waals surface area (Å²) in [5.41, 5.74) is 0. The molecule has 0 aromatic carbocycles. The molecular formula is C16H28N2O4. The first-order valence-electron chi connectivity index (χ1n) is 8.21. The molecule has 5 unspecified atom stereocenters. The maximum Gasteiger partial charge on any atom is 0.304 e. The summed E-state index contributed by atoms with van der Waals surface area (Å²) in [6, 6.07) is 0.0161. The van der Waals surface area contributed by atoms with Crippen LogP contribution in [-0.2, 0) is 14.3 Å². The topological polar surface area (TPSA) is 70.1 Å². The summed E-state index contributed by atoms with van der Waals surface area (Å²) in [6.07, 6.45) is 0.248. The van der Waals surface area contributed by atoms with Gasteiger partial charge in [-0.3, -0.25) is 14.5 Å². The lowest BCUT2D eigenvalue weighted by Crippen LogP contribution is -2.54. The van der Waals surface area contributed by atoms with Gasteiger partial charge < -0.3 is 14.7 Å². The zero-order valence-corrected chi connectivity index (χ0v) is 14.0. The Morgan fingerprint density at radius 1 is 1.14 bits per heavy atom. The quantitative estimate of drug-likeness (QED) is 0.840. The molecule has 2 rings (SSSR count). The molecule has 0 aromatic heterocycles. The van der Waals surface area contributed by atoms with Gasteiger partial charge in [0.15, 0.2) is 0 Å². The van der Waals surface area contributed by atoms with E-state index in [2.05, 4.69) is 11.8 Å². The third kappa shape index (κ3) is 3.60. The fourth-order valence-electron chi connectivity index (χ4n) is 3.67. The van der Waals surface area contributed by atoms with Crippen LogP contribution in [0.15, 0.2) is 0 Å². The maximum atomic E-state index is 12.8. The van der Waals surface area contributed by atoms with Crippen LogP contribution < -0.4 is 0 Å². The van der Waals surface area contributed by atoms with E-state index in [1.54, 1.807) is 0 Å². The number of aliphatic carboxylic acids is 1. The average Bonchev–Trinajstić information content (AvgIpc) is 2.71. The number of ether oxygens (including phenoxy) is 1. The molecule has 0 spiro atoms. The van der Waals surface area contributed by atoms with E-state index in [1.165, 1.54) is 0 Å². The van der Waals surface area contributed by atoms with E-state index in [9.17, 15) is 9.59 Å². The van der Waals surface area contributed by atoms with Crippen LogP contribution in [0.2, 0.25) is 0 Å². The summed E-state index contributed by atoms with van der Waals surface area (Å²) in [4.78, 5) is 27.6. The van der Waals surface area contributed by atoms with Crippen molar-refractivity contribution in [1.82, 2.24) is 9.80 Å². The second kappa shape index (κ2) is 6.96. The van der Waals surface area contributed by atoms with Gasteiger partial charge in [-0.1, -0.05) is 6.92 Å². The highest BCUT2D eigenvalue weighted by atomic mass is 16.5. The van der Waals surface area contributed by atoms with Crippen molar-refractivity contribution in [3.8, 4) is 0 Å². The number of carbonyl (C=O) groups excluding carboxylic acids is 1. The number of piperazine rings is 1. The number of carbonyl (C=O) groups is 2. The van der Waals surface area contributed by atoms with Crippen molar-refractivity contribution in [1.29, 1.82) is 0 Å². The Morgan fingerprint density at radius 2 is 1.73 bits per heavy atom. The van der Waals surface area contributed by atoms with Gasteiger partial charge in [0.2, 0.25) is 5.91 Å². The van der Waals surface area contributed by atoms with Gasteiger partial charge in [-0.15, -0.1) is 0 Å². The fraction of sp³-hybridized carbons (Fsp3) is 0.875. The molecule has 6 nitrogen and oxygen atoms in total. The highest BCUT2D eigenvalue weighted by Gasteiger charge is 2.43. The molecule has 0 radical (unpaired) electrons. The molecule has 2 aliphatic heterocycles. The highest BCUT2D eigenvalue weighted by Crippen LogP contribution is 2.33. The summed E-state index contributed by atoms with van der Waals surface area (Å²) < 4.78 is 5.78. The third-order valence-electron chi connectivity index (χ3n) is 5.25. The van der Waals surface area contributed by atoms with Gasteiger partial charge in [-0.05, 0) is 26.7 Å². The lowest BCUT2D eigenvalue weighted by molar-refractivity contribution is -0.142. The van der Waals surface area contributed by atoms with Crippen molar-refractivity contribution in [3.05, 3.63) is 0 Å². The van der Waals surface area contributed by atoms with E-state index in [0.29, 0.717) is 13.1 Å². The number of carboxylic acids is 1. The second-order valence-electron chi connectivity index (χ2n) is 6.74. The number of hydrogen-bond donors (Lipinski definition) is 1. The zero-order valence-electron chi connectivity index (χ0n) is 14.0. The molecule has 126 valence electrons. The number of amides is 1. The molecule has 0 saturated carbocycles. The minimum absolute atomic E-state index is 0.0161. The SMILES string of the molecule is CC1OC(C)C(C(=O)N2CCN(C(C)CC(=O)O)CC2)C1C. The normalized spacial score (nSPS) is 34.6. The Kier molecular flexibility index (Phi) is 5.45. The monoisotopic (exact) mass is 312 g/mol. The Morgan fingerprint density at radius 3 is 2.18 bits per heavy atom. The predicted molar refractivity (Wildman–Crippen MR) is 82.5 cm³/mol. The minimum Gasteiger partial charge on any atom is -0.481 e. The highest BCUT2D eigenvalue weighted by molar-refractivity contribution is 5.80. The molecule has 2 heterocycles. The number of carboxylic acid groups (broad SMARTS) is 1. The van der Waals surface area contributed by atoms with Crippen molar-refractivity contribution in [3.63, 3.8) is 0 Å². The minimum atomic E-state index is -0.772. The first-order valence-corrected chi connectivity index (χ1v) is 8.21. The molecule has 0 aliphatic carbocycles. The Bertz CT molecular complexity index is 420. The molecule has 2 fully saturated rings. The third-order valence-corrected chi connectivity index (χ3v) is 5.25. The van der Waals surface area contributed by atoms with Crippen LogP contribution in [0.5, 0.6) is 0 Å². The largest absolute Gasteiger partial charge is 0.481 e. The lowest BCUT2D eigenvalue weighted by Gasteiger charge is -2.39. The van der Waals surface area contributed by atoms with Crippen LogP contribution in [0.3, 0.4) is 0 Å². The average molecular weight is 312 g/mol. The summed E-state index contributed by atoms with van der Waals surface area (Å²) >= 11 is 0. The van der Waals surface area contributed by atoms with Crippen LogP contribution in [0.25, 0.3) is 0 Å². The molecule has 6 heteroatoms. The van der Waals surface area contributed by atoms with E-state index in [0.717, 1.165) is 13.1 Å². The van der Waals surface area contributed by atoms with Crippen molar-refractivity contribution >= 4 is 11.9 Å². The summed E-state index contributed by atoms with van der Waals surface area (Å²) in [5.74, 6) is -0.398. The van der Waals surface area contributed by atoms with Gasteiger partial charge >= 0.3 is 5.97 Å². The van der Waals surface area contributed by atoms with Crippen molar-refractivity contribution in [2.75, 3.05) is 26.2 Å². The second-order valence-corrected chi connectivity index (χ2v) is 6.74. The zero-order chi connectivity index (χ0) is 16.4. The van der Waals surface area contributed by atoms with Gasteiger partial charge in [0.1, 0.15) is 0 Å². The van der Waals surface area contributed by atoms with E-state index in [-0.39, 0.29) is 42.4 Å². The summed E-state index contributed by atoms with van der Waals surface area (Å²) in [6.45, 7) is 10.9. The molecule has 22 heavy (non-hydrogen) atoms. The van der Waals surface area contributed by atoms with Gasteiger partial charge in [-0.25, -0.2) is 0 Å². The first kappa shape index (κ1) is 17.2. The van der Waals surface area contributed by atoms with Crippen LogP contribution in [-0.4, -0.2) is 71.2 Å². The van der Waals surface area contributed by atoms with Crippen LogP contribution in [0.4, 0.5) is 0 Å². The van der Waals surface area contributed by atoms with Gasteiger partial charge in [0.05, 0.1) is 24.5 Å². The van der Waals surface area contributed by atoms with E-state index in [1.807, 2.05) is 25.7 Å². The van der Waals surface area contributed by atoms with E-state index in [4.69, 9.17) is 9.84 Å². The van der Waals surface area contributed by atoms with E-state index < -0.39 is 5.97 Å². The van der Waals surface area contributed by atoms with Gasteiger partial charge in [0, 0.05) is 32.2 Å². The fourth-order valence-corrected chi connectivity index (χ4v) is 3.67. The predicted octanol–water partition coefficient (Wildman–Crippen LogP) is 1.05. The van der Waals surface area contributed by atoms with Gasteiger partial charge in [-0.2, -0.15) is 0 Å². The number of rotatable bonds is 4. The first-order chi connectivity index (χ1) is 10.3.